The van der Waals surface area contributed by atoms with Crippen LogP contribution in [0.15, 0.2) is 6.07 Å². The minimum absolute atomic E-state index is 0.0658. The van der Waals surface area contributed by atoms with Gasteiger partial charge in [-0.1, -0.05) is 19.8 Å². The molecule has 1 aromatic heterocycles. The van der Waals surface area contributed by atoms with Gasteiger partial charge in [0, 0.05) is 5.69 Å². The molecule has 16 heavy (non-hydrogen) atoms. The Balaban J connectivity index is 2.62. The average Bonchev–Trinajstić information content (AvgIpc) is 2.23. The maximum Gasteiger partial charge on any atom is 0.317 e. The van der Waals surface area contributed by atoms with Crippen molar-refractivity contribution in [3.05, 3.63) is 17.5 Å². The number of aryl methyl sites for hydroxylation is 1. The average molecular weight is 222 g/mol. The Morgan fingerprint density at radius 2 is 2.19 bits per heavy atom. The van der Waals surface area contributed by atoms with Crippen LogP contribution in [0.25, 0.3) is 0 Å². The summed E-state index contributed by atoms with van der Waals surface area (Å²) in [6.45, 7) is 4.57. The predicted octanol–water partition coefficient (Wildman–Crippen LogP) is 1.64. The summed E-state index contributed by atoms with van der Waals surface area (Å²) >= 11 is 0. The van der Waals surface area contributed by atoms with Crippen molar-refractivity contribution >= 4 is 5.84 Å². The number of nitrogens with zero attached hydrogens (tertiary/aromatic N) is 2. The molecule has 0 saturated heterocycles. The molecule has 0 aliphatic carbocycles. The van der Waals surface area contributed by atoms with Crippen LogP contribution in [0.4, 0.5) is 0 Å². The van der Waals surface area contributed by atoms with Crippen molar-refractivity contribution < 1.29 is 4.74 Å². The van der Waals surface area contributed by atoms with Gasteiger partial charge in [0.2, 0.25) is 0 Å². The lowest BCUT2D eigenvalue weighted by Crippen LogP contribution is -2.15. The van der Waals surface area contributed by atoms with E-state index in [1.165, 1.54) is 0 Å². The minimum Gasteiger partial charge on any atom is -0.463 e. The van der Waals surface area contributed by atoms with Crippen molar-refractivity contribution in [3.8, 4) is 6.01 Å². The molecule has 88 valence electrons. The first kappa shape index (κ1) is 12.4. The summed E-state index contributed by atoms with van der Waals surface area (Å²) in [4.78, 5) is 8.18. The van der Waals surface area contributed by atoms with Gasteiger partial charge in [0.25, 0.3) is 0 Å². The first-order chi connectivity index (χ1) is 7.63. The zero-order chi connectivity index (χ0) is 12.0. The third kappa shape index (κ3) is 3.84. The molecule has 0 aromatic carbocycles. The van der Waals surface area contributed by atoms with Crippen LogP contribution in [0.5, 0.6) is 6.01 Å². The van der Waals surface area contributed by atoms with Gasteiger partial charge in [0.05, 0.1) is 6.61 Å². The van der Waals surface area contributed by atoms with E-state index >= 15 is 0 Å². The van der Waals surface area contributed by atoms with E-state index in [-0.39, 0.29) is 5.84 Å². The fraction of sp³-hybridized carbons (Fsp3) is 0.545. The molecule has 0 atom stereocenters. The van der Waals surface area contributed by atoms with Gasteiger partial charge in [-0.25, -0.2) is 4.98 Å². The fourth-order valence-electron chi connectivity index (χ4n) is 1.26. The number of nitrogens with two attached hydrogens (primary N) is 1. The fourth-order valence-corrected chi connectivity index (χ4v) is 1.26. The van der Waals surface area contributed by atoms with E-state index in [0.717, 1.165) is 25.0 Å². The van der Waals surface area contributed by atoms with Crippen LogP contribution < -0.4 is 10.5 Å². The van der Waals surface area contributed by atoms with Crippen molar-refractivity contribution in [2.45, 2.75) is 33.1 Å². The molecule has 5 nitrogen and oxygen atoms in total. The zero-order valence-corrected chi connectivity index (χ0v) is 9.79. The summed E-state index contributed by atoms with van der Waals surface area (Å²) in [7, 11) is 0. The summed E-state index contributed by atoms with van der Waals surface area (Å²) in [6, 6.07) is 1.97. The van der Waals surface area contributed by atoms with Crippen LogP contribution >= 0.6 is 0 Å². The summed E-state index contributed by atoms with van der Waals surface area (Å²) in [6.07, 6.45) is 3.27. The normalized spacial score (nSPS) is 10.1. The minimum atomic E-state index is -0.0658. The van der Waals surface area contributed by atoms with Gasteiger partial charge in [0.1, 0.15) is 11.5 Å². The molecule has 0 unspecified atom stereocenters. The highest BCUT2D eigenvalue weighted by atomic mass is 16.5. The SMILES string of the molecule is CCCCCOc1nc(C)cc(C(=N)N)n1. The van der Waals surface area contributed by atoms with Crippen molar-refractivity contribution in [2.75, 3.05) is 6.61 Å². The Morgan fingerprint density at radius 1 is 1.44 bits per heavy atom. The van der Waals surface area contributed by atoms with Crippen LogP contribution in [0.2, 0.25) is 0 Å². The molecule has 0 aliphatic heterocycles. The maximum absolute atomic E-state index is 7.30. The topological polar surface area (TPSA) is 84.9 Å². The second kappa shape index (κ2) is 6.05. The molecule has 0 amide bonds. The molecule has 0 spiro atoms. The van der Waals surface area contributed by atoms with E-state index < -0.39 is 0 Å². The number of unbranched alkanes of at least 4 members (excludes halogenated alkanes) is 2. The van der Waals surface area contributed by atoms with Gasteiger partial charge < -0.3 is 10.5 Å². The Bertz CT molecular complexity index is 365. The van der Waals surface area contributed by atoms with Crippen LogP contribution in [0.1, 0.15) is 37.6 Å². The van der Waals surface area contributed by atoms with Crippen LogP contribution in [0.3, 0.4) is 0 Å². The van der Waals surface area contributed by atoms with E-state index in [4.69, 9.17) is 15.9 Å². The van der Waals surface area contributed by atoms with E-state index in [9.17, 15) is 0 Å². The molecule has 0 saturated carbocycles. The highest BCUT2D eigenvalue weighted by molar-refractivity contribution is 5.93. The second-order valence-electron chi connectivity index (χ2n) is 3.65. The molecule has 0 radical (unpaired) electrons. The number of aromatic nitrogens is 2. The van der Waals surface area contributed by atoms with E-state index in [1.807, 2.05) is 6.92 Å². The number of hydrogen-bond acceptors (Lipinski definition) is 4. The third-order valence-electron chi connectivity index (χ3n) is 2.09. The standard InChI is InChI=1S/C11H18N4O/c1-3-4-5-6-16-11-14-8(2)7-9(15-11)10(12)13/h7H,3-6H2,1-2H3,(H3,12,13). The quantitative estimate of drug-likeness (QED) is 0.435. The van der Waals surface area contributed by atoms with Gasteiger partial charge in [0.15, 0.2) is 0 Å². The number of ether oxygens (including phenoxy) is 1. The molecule has 5 heteroatoms. The number of rotatable bonds is 6. The first-order valence-corrected chi connectivity index (χ1v) is 5.46. The summed E-state index contributed by atoms with van der Waals surface area (Å²) < 4.78 is 5.41. The van der Waals surface area contributed by atoms with E-state index in [1.54, 1.807) is 6.07 Å². The van der Waals surface area contributed by atoms with E-state index in [2.05, 4.69) is 16.9 Å². The molecule has 1 aromatic rings. The van der Waals surface area contributed by atoms with Gasteiger partial charge in [-0.3, -0.25) is 5.41 Å². The first-order valence-electron chi connectivity index (χ1n) is 5.46. The van der Waals surface area contributed by atoms with Crippen molar-refractivity contribution in [2.24, 2.45) is 5.73 Å². The Kier molecular flexibility index (Phi) is 4.69. The van der Waals surface area contributed by atoms with Crippen LogP contribution in [0, 0.1) is 12.3 Å². The monoisotopic (exact) mass is 222 g/mol. The molecule has 0 fully saturated rings. The highest BCUT2D eigenvalue weighted by Crippen LogP contribution is 2.07. The van der Waals surface area contributed by atoms with Gasteiger partial charge in [-0.2, -0.15) is 4.98 Å². The Hall–Kier alpha value is -1.65. The number of amidine groups is 1. The number of hydrogen-bond donors (Lipinski definition) is 2. The van der Waals surface area contributed by atoms with E-state index in [0.29, 0.717) is 18.3 Å². The Morgan fingerprint density at radius 3 is 2.81 bits per heavy atom. The number of nitrogens with one attached hydrogen (secondary N) is 1. The summed E-state index contributed by atoms with van der Waals surface area (Å²) in [5, 5.41) is 7.30. The molecule has 0 bridgehead atoms. The van der Waals surface area contributed by atoms with Gasteiger partial charge in [-0.05, 0) is 19.4 Å². The zero-order valence-electron chi connectivity index (χ0n) is 9.79. The molecule has 3 N–H and O–H groups in total. The maximum atomic E-state index is 7.30. The summed E-state index contributed by atoms with van der Waals surface area (Å²) in [5.74, 6) is -0.0658. The van der Waals surface area contributed by atoms with Gasteiger partial charge >= 0.3 is 6.01 Å². The van der Waals surface area contributed by atoms with Crippen LogP contribution in [-0.4, -0.2) is 22.4 Å². The largest absolute Gasteiger partial charge is 0.463 e. The molecule has 0 aliphatic rings. The number of nitrogen functional groups attached to an aromatic ring is 1. The lowest BCUT2D eigenvalue weighted by atomic mass is 10.3. The molecular weight excluding hydrogens is 204 g/mol. The van der Waals surface area contributed by atoms with Crippen molar-refractivity contribution in [3.63, 3.8) is 0 Å². The molecule has 1 rings (SSSR count). The van der Waals surface area contributed by atoms with Crippen molar-refractivity contribution in [1.29, 1.82) is 5.41 Å². The van der Waals surface area contributed by atoms with Crippen LogP contribution in [-0.2, 0) is 0 Å². The predicted molar refractivity (Wildman–Crippen MR) is 62.8 cm³/mol. The lowest BCUT2D eigenvalue weighted by molar-refractivity contribution is 0.282. The smallest absolute Gasteiger partial charge is 0.317 e. The lowest BCUT2D eigenvalue weighted by Gasteiger charge is -2.06. The third-order valence-corrected chi connectivity index (χ3v) is 2.09. The highest BCUT2D eigenvalue weighted by Gasteiger charge is 2.05. The molecular formula is C11H18N4O. The van der Waals surface area contributed by atoms with Crippen molar-refractivity contribution in [1.82, 2.24) is 9.97 Å². The second-order valence-corrected chi connectivity index (χ2v) is 3.65. The summed E-state index contributed by atoms with van der Waals surface area (Å²) in [5.41, 5.74) is 6.54. The van der Waals surface area contributed by atoms with Gasteiger partial charge in [-0.15, -0.1) is 0 Å². The Labute approximate surface area is 95.6 Å². The molecule has 1 heterocycles.